The maximum Gasteiger partial charge on any atom is 0.446 e. The minimum atomic E-state index is -4.38. The van der Waals surface area contributed by atoms with Crippen molar-refractivity contribution in [2.45, 2.75) is 35.7 Å². The maximum atomic E-state index is 12.7. The fourth-order valence-electron chi connectivity index (χ4n) is 3.77. The van der Waals surface area contributed by atoms with Crippen LogP contribution in [0.15, 0.2) is 65.6 Å². The van der Waals surface area contributed by atoms with Crippen molar-refractivity contribution in [3.63, 3.8) is 0 Å². The molecule has 33 heavy (non-hydrogen) atoms. The molecule has 0 aliphatic heterocycles. The van der Waals surface area contributed by atoms with Gasteiger partial charge in [-0.25, -0.2) is 0 Å². The summed E-state index contributed by atoms with van der Waals surface area (Å²) < 4.78 is 48.0. The van der Waals surface area contributed by atoms with E-state index in [4.69, 9.17) is 9.47 Å². The van der Waals surface area contributed by atoms with Crippen molar-refractivity contribution in [2.24, 2.45) is 5.92 Å². The first-order valence-corrected chi connectivity index (χ1v) is 11.2. The highest BCUT2D eigenvalue weighted by molar-refractivity contribution is 8.00. The lowest BCUT2D eigenvalue weighted by atomic mass is 9.85. The molecule has 176 valence electrons. The van der Waals surface area contributed by atoms with Crippen LogP contribution in [0.25, 0.3) is 0 Å². The molecule has 0 bridgehead atoms. The smallest absolute Gasteiger partial charge is 0.446 e. The summed E-state index contributed by atoms with van der Waals surface area (Å²) in [6, 6.07) is 12.1. The predicted molar refractivity (Wildman–Crippen MR) is 119 cm³/mol. The van der Waals surface area contributed by atoms with Gasteiger partial charge in [0, 0.05) is 16.5 Å². The summed E-state index contributed by atoms with van der Waals surface area (Å²) in [6.45, 7) is 1.99. The highest BCUT2D eigenvalue weighted by Gasteiger charge is 2.34. The van der Waals surface area contributed by atoms with Crippen LogP contribution in [0.3, 0.4) is 0 Å². The Labute approximate surface area is 194 Å². The van der Waals surface area contributed by atoms with Gasteiger partial charge in [0.2, 0.25) is 0 Å². The molecule has 3 unspecified atom stereocenters. The van der Waals surface area contributed by atoms with Crippen LogP contribution in [0.4, 0.5) is 13.2 Å². The summed E-state index contributed by atoms with van der Waals surface area (Å²) in [5.41, 5.74) is -3.37. The first kappa shape index (κ1) is 24.7. The molecule has 3 atom stereocenters. The molecule has 0 saturated carbocycles. The Bertz CT molecular complexity index is 1010. The molecular weight excluding hydrogens is 455 g/mol. The molecule has 2 aromatic rings. The lowest BCUT2D eigenvalue weighted by Gasteiger charge is -2.23. The zero-order valence-electron chi connectivity index (χ0n) is 18.1. The Hall–Kier alpha value is -2.94. The zero-order chi connectivity index (χ0) is 24.0. The number of esters is 1. The van der Waals surface area contributed by atoms with Gasteiger partial charge in [0.15, 0.2) is 0 Å². The second-order valence-electron chi connectivity index (χ2n) is 7.44. The van der Waals surface area contributed by atoms with Crippen molar-refractivity contribution < 1.29 is 32.2 Å². The Balaban J connectivity index is 1.67. The molecule has 0 aromatic heterocycles. The third-order valence-corrected chi connectivity index (χ3v) is 5.94. The average Bonchev–Trinajstić information content (AvgIpc) is 3.21. The number of ether oxygens (including phenoxy) is 2. The molecule has 9 heteroatoms. The van der Waals surface area contributed by atoms with E-state index in [1.54, 1.807) is 32.2 Å². The molecule has 0 heterocycles. The monoisotopic (exact) mass is 479 g/mol. The van der Waals surface area contributed by atoms with Crippen molar-refractivity contribution in [1.29, 1.82) is 0 Å². The lowest BCUT2D eigenvalue weighted by Crippen LogP contribution is -2.33. The Morgan fingerprint density at radius 1 is 1.15 bits per heavy atom. The van der Waals surface area contributed by atoms with Gasteiger partial charge in [0.1, 0.15) is 5.75 Å². The van der Waals surface area contributed by atoms with E-state index in [1.165, 1.54) is 24.3 Å². The number of alkyl halides is 3. The van der Waals surface area contributed by atoms with Gasteiger partial charge in [-0.05, 0) is 73.0 Å². The maximum absolute atomic E-state index is 12.7. The molecule has 0 spiro atoms. The number of benzene rings is 2. The van der Waals surface area contributed by atoms with Crippen LogP contribution < -0.4 is 10.1 Å². The fourth-order valence-corrected chi connectivity index (χ4v) is 4.31. The van der Waals surface area contributed by atoms with Crippen molar-refractivity contribution in [3.05, 3.63) is 71.8 Å². The van der Waals surface area contributed by atoms with Gasteiger partial charge in [-0.1, -0.05) is 24.3 Å². The number of allylic oxidation sites excluding steroid dienone is 1. The molecule has 1 aliphatic rings. The van der Waals surface area contributed by atoms with Gasteiger partial charge >= 0.3 is 11.5 Å². The van der Waals surface area contributed by atoms with Crippen LogP contribution in [0.2, 0.25) is 0 Å². The Kier molecular flexibility index (Phi) is 8.07. The molecule has 3 rings (SSSR count). The second-order valence-corrected chi connectivity index (χ2v) is 8.58. The zero-order valence-corrected chi connectivity index (χ0v) is 18.9. The number of rotatable bonds is 8. The van der Waals surface area contributed by atoms with Gasteiger partial charge in [-0.15, -0.1) is 0 Å². The summed E-state index contributed by atoms with van der Waals surface area (Å²) >= 11 is -0.231. The third kappa shape index (κ3) is 6.77. The number of amides is 1. The predicted octanol–water partition coefficient (Wildman–Crippen LogP) is 5.33. The van der Waals surface area contributed by atoms with Gasteiger partial charge in [0.05, 0.1) is 19.6 Å². The topological polar surface area (TPSA) is 64.6 Å². The molecule has 2 aromatic carbocycles. The highest BCUT2D eigenvalue weighted by atomic mass is 32.2. The van der Waals surface area contributed by atoms with Crippen LogP contribution in [-0.4, -0.2) is 37.1 Å². The molecule has 0 fully saturated rings. The van der Waals surface area contributed by atoms with Gasteiger partial charge < -0.3 is 14.8 Å². The molecule has 5 nitrogen and oxygen atoms in total. The second kappa shape index (κ2) is 10.8. The van der Waals surface area contributed by atoms with Crippen molar-refractivity contribution in [1.82, 2.24) is 5.32 Å². The number of carbonyl (C=O) groups excluding carboxylic acids is 2. The lowest BCUT2D eigenvalue weighted by molar-refractivity contribution is -0.146. The standard InChI is InChI=1S/C24H24F3NO4S/c1-3-32-23(30)21(16-5-4-6-19(14-16)31-2)17-7-10-18(13-17)28-22(29)15-8-11-20(12-9-15)33-24(25,26)27/h4-12,14,17-18,21H,3,13H2,1-2H3,(H,28,29). The molecular formula is C24H24F3NO4S. The van der Waals surface area contributed by atoms with Crippen molar-refractivity contribution in [3.8, 4) is 5.75 Å². The Morgan fingerprint density at radius 3 is 2.52 bits per heavy atom. The molecule has 1 amide bonds. The molecule has 0 saturated heterocycles. The third-order valence-electron chi connectivity index (χ3n) is 5.20. The van der Waals surface area contributed by atoms with Crippen LogP contribution in [-0.2, 0) is 9.53 Å². The van der Waals surface area contributed by atoms with Crippen LogP contribution in [0.1, 0.15) is 35.2 Å². The number of thioether (sulfide) groups is 1. The number of methoxy groups -OCH3 is 1. The van der Waals surface area contributed by atoms with Crippen molar-refractivity contribution >= 4 is 23.6 Å². The normalized spacial score (nSPS) is 18.6. The number of carbonyl (C=O) groups is 2. The SMILES string of the molecule is CCOC(=O)C(c1cccc(OC)c1)C1C=CC(NC(=O)c2ccc(SC(F)(F)F)cc2)C1. The van der Waals surface area contributed by atoms with Crippen LogP contribution >= 0.6 is 11.8 Å². The first-order chi connectivity index (χ1) is 15.7. The fraction of sp³-hybridized carbons (Fsp3) is 0.333. The number of halogens is 3. The van der Waals surface area contributed by atoms with Crippen LogP contribution in [0, 0.1) is 5.92 Å². The van der Waals surface area contributed by atoms with E-state index in [9.17, 15) is 22.8 Å². The van der Waals surface area contributed by atoms with E-state index in [0.717, 1.165) is 5.56 Å². The van der Waals surface area contributed by atoms with E-state index in [0.29, 0.717) is 12.2 Å². The van der Waals surface area contributed by atoms with E-state index in [-0.39, 0.29) is 46.8 Å². The quantitative estimate of drug-likeness (QED) is 0.315. The van der Waals surface area contributed by atoms with Gasteiger partial charge in [-0.3, -0.25) is 9.59 Å². The van der Waals surface area contributed by atoms with Crippen LogP contribution in [0.5, 0.6) is 5.75 Å². The summed E-state index contributed by atoms with van der Waals surface area (Å²) in [7, 11) is 1.55. The molecule has 1 N–H and O–H groups in total. The number of hydrogen-bond acceptors (Lipinski definition) is 5. The summed E-state index contributed by atoms with van der Waals surface area (Å²) in [6.07, 6.45) is 4.19. The molecule has 1 aliphatic carbocycles. The van der Waals surface area contributed by atoms with Gasteiger partial charge in [-0.2, -0.15) is 13.2 Å². The minimum absolute atomic E-state index is 0.00967. The van der Waals surface area contributed by atoms with E-state index in [1.807, 2.05) is 18.2 Å². The molecule has 0 radical (unpaired) electrons. The largest absolute Gasteiger partial charge is 0.497 e. The first-order valence-electron chi connectivity index (χ1n) is 10.4. The minimum Gasteiger partial charge on any atom is -0.497 e. The van der Waals surface area contributed by atoms with E-state index < -0.39 is 17.3 Å². The summed E-state index contributed by atoms with van der Waals surface area (Å²) in [5.74, 6) is -0.891. The highest BCUT2D eigenvalue weighted by Crippen LogP contribution is 2.37. The number of nitrogens with one attached hydrogen (secondary N) is 1. The van der Waals surface area contributed by atoms with Gasteiger partial charge in [0.25, 0.3) is 5.91 Å². The average molecular weight is 480 g/mol. The summed E-state index contributed by atoms with van der Waals surface area (Å²) in [4.78, 5) is 25.3. The van der Waals surface area contributed by atoms with E-state index >= 15 is 0 Å². The Morgan fingerprint density at radius 2 is 1.88 bits per heavy atom. The van der Waals surface area contributed by atoms with E-state index in [2.05, 4.69) is 5.32 Å². The van der Waals surface area contributed by atoms with Crippen molar-refractivity contribution in [2.75, 3.05) is 13.7 Å². The number of hydrogen-bond donors (Lipinski definition) is 1. The summed E-state index contributed by atoms with van der Waals surface area (Å²) in [5, 5.41) is 2.86.